The van der Waals surface area contributed by atoms with Gasteiger partial charge >= 0.3 is 18.3 Å². The predicted molar refractivity (Wildman–Crippen MR) is 183 cm³/mol. The SMILES string of the molecule is CN(C[C@](CCN1CCC2(CC1)NC(=O)Cc1ccccc12)(c1ccc(Cl)c(Cl)c1)N(C)C(=O)c1ccc(C(F)(F)F)cc1)C(=O)C(F)(F)F.Cl. The van der Waals surface area contributed by atoms with Gasteiger partial charge in [-0.3, -0.25) is 14.4 Å². The smallest absolute Gasteiger partial charge is 0.346 e. The van der Waals surface area contributed by atoms with Gasteiger partial charge in [-0.25, -0.2) is 0 Å². The average molecular weight is 780 g/mol. The van der Waals surface area contributed by atoms with Crippen molar-refractivity contribution in [3.05, 3.63) is 105 Å². The number of fused-ring (bicyclic) bond motifs is 2. The molecule has 0 saturated carbocycles. The van der Waals surface area contributed by atoms with Crippen LogP contribution in [0, 0.1) is 0 Å². The van der Waals surface area contributed by atoms with Gasteiger partial charge in [0.15, 0.2) is 0 Å². The molecule has 0 radical (unpaired) electrons. The molecular weight excluding hydrogens is 745 g/mol. The Morgan fingerprint density at radius 3 is 2.08 bits per heavy atom. The fourth-order valence-corrected chi connectivity index (χ4v) is 7.32. The van der Waals surface area contributed by atoms with Crippen LogP contribution in [-0.2, 0) is 33.3 Å². The number of likely N-dealkylation sites (N-methyl/N-ethyl adjacent to an activating group) is 2. The normalized spacial score (nSPS) is 17.1. The second kappa shape index (κ2) is 15.2. The maximum Gasteiger partial charge on any atom is 0.471 e. The molecule has 2 aliphatic rings. The first-order valence-corrected chi connectivity index (χ1v) is 16.5. The third-order valence-corrected chi connectivity index (χ3v) is 10.5. The maximum absolute atomic E-state index is 14.0. The molecule has 1 spiro atoms. The summed E-state index contributed by atoms with van der Waals surface area (Å²) in [4.78, 5) is 42.9. The van der Waals surface area contributed by atoms with Gasteiger partial charge in [-0.2, -0.15) is 26.3 Å². The molecule has 16 heteroatoms. The van der Waals surface area contributed by atoms with E-state index in [0.29, 0.717) is 30.8 Å². The van der Waals surface area contributed by atoms with E-state index in [0.717, 1.165) is 47.3 Å². The van der Waals surface area contributed by atoms with E-state index in [-0.39, 0.29) is 58.9 Å². The van der Waals surface area contributed by atoms with Crippen molar-refractivity contribution in [2.45, 2.75) is 49.1 Å². The Kier molecular flexibility index (Phi) is 12.0. The predicted octanol–water partition coefficient (Wildman–Crippen LogP) is 7.48. The molecule has 0 bridgehead atoms. The number of nitrogens with one attached hydrogen (secondary N) is 1. The van der Waals surface area contributed by atoms with E-state index >= 15 is 0 Å². The highest BCUT2D eigenvalue weighted by atomic mass is 35.5. The molecule has 2 heterocycles. The van der Waals surface area contributed by atoms with Gasteiger partial charge in [0.05, 0.1) is 33.1 Å². The number of halogens is 9. The van der Waals surface area contributed by atoms with Gasteiger partial charge in [0.2, 0.25) is 5.91 Å². The van der Waals surface area contributed by atoms with E-state index in [1.54, 1.807) is 0 Å². The Hall–Kier alpha value is -3.52. The number of nitrogens with zero attached hydrogens (tertiary/aromatic N) is 3. The van der Waals surface area contributed by atoms with Gasteiger partial charge < -0.3 is 20.0 Å². The summed E-state index contributed by atoms with van der Waals surface area (Å²) >= 11 is 12.6. The third-order valence-electron chi connectivity index (χ3n) is 9.76. The van der Waals surface area contributed by atoms with Crippen LogP contribution in [0.15, 0.2) is 66.7 Å². The first-order valence-electron chi connectivity index (χ1n) is 15.7. The lowest BCUT2D eigenvalue weighted by atomic mass is 9.75. The van der Waals surface area contributed by atoms with Gasteiger partial charge in [0, 0.05) is 45.8 Å². The van der Waals surface area contributed by atoms with Crippen LogP contribution in [0.2, 0.25) is 10.0 Å². The molecule has 0 aromatic heterocycles. The largest absolute Gasteiger partial charge is 0.471 e. The molecular formula is C35H35Cl3F6N4O3. The Morgan fingerprint density at radius 1 is 0.882 bits per heavy atom. The molecule has 1 fully saturated rings. The molecule has 5 rings (SSSR count). The molecule has 0 unspecified atom stereocenters. The minimum atomic E-state index is -5.23. The lowest BCUT2D eigenvalue weighted by Gasteiger charge is -2.48. The Bertz CT molecular complexity index is 1760. The fourth-order valence-electron chi connectivity index (χ4n) is 7.03. The fraction of sp³-hybridized carbons (Fsp3) is 0.400. The van der Waals surface area contributed by atoms with E-state index in [9.17, 15) is 40.7 Å². The molecule has 276 valence electrons. The van der Waals surface area contributed by atoms with Crippen molar-refractivity contribution in [3.63, 3.8) is 0 Å². The van der Waals surface area contributed by atoms with Crippen molar-refractivity contribution in [2.75, 3.05) is 40.3 Å². The Labute approximate surface area is 307 Å². The number of amides is 3. The number of benzene rings is 3. The van der Waals surface area contributed by atoms with Crippen molar-refractivity contribution in [2.24, 2.45) is 0 Å². The van der Waals surface area contributed by atoms with Crippen LogP contribution in [0.25, 0.3) is 0 Å². The van der Waals surface area contributed by atoms with Gasteiger partial charge in [0.1, 0.15) is 0 Å². The second-order valence-corrected chi connectivity index (χ2v) is 13.6. The highest BCUT2D eigenvalue weighted by Crippen LogP contribution is 2.41. The van der Waals surface area contributed by atoms with Crippen LogP contribution in [0.4, 0.5) is 26.3 Å². The highest BCUT2D eigenvalue weighted by molar-refractivity contribution is 6.42. The molecule has 3 aromatic rings. The lowest BCUT2D eigenvalue weighted by molar-refractivity contribution is -0.185. The van der Waals surface area contributed by atoms with Crippen molar-refractivity contribution >= 4 is 53.3 Å². The average Bonchev–Trinajstić information content (AvgIpc) is 3.06. The van der Waals surface area contributed by atoms with E-state index in [2.05, 4.69) is 10.2 Å². The molecule has 1 atom stereocenters. The summed E-state index contributed by atoms with van der Waals surface area (Å²) in [6.45, 7) is 0.553. The van der Waals surface area contributed by atoms with Crippen LogP contribution in [0.5, 0.6) is 0 Å². The Morgan fingerprint density at radius 2 is 1.49 bits per heavy atom. The van der Waals surface area contributed by atoms with Crippen LogP contribution >= 0.6 is 35.6 Å². The molecule has 2 aliphatic heterocycles. The summed E-state index contributed by atoms with van der Waals surface area (Å²) in [5, 5.41) is 3.35. The number of carbonyl (C=O) groups is 3. The highest BCUT2D eigenvalue weighted by Gasteiger charge is 2.48. The molecule has 0 aliphatic carbocycles. The minimum absolute atomic E-state index is 0. The first-order chi connectivity index (χ1) is 23.4. The van der Waals surface area contributed by atoms with E-state index in [4.69, 9.17) is 23.2 Å². The molecule has 51 heavy (non-hydrogen) atoms. The number of piperidine rings is 1. The van der Waals surface area contributed by atoms with Gasteiger partial charge in [0.25, 0.3) is 5.91 Å². The Balaban J connectivity index is 0.00000583. The summed E-state index contributed by atoms with van der Waals surface area (Å²) in [5.41, 5.74) is -1.15. The van der Waals surface area contributed by atoms with Crippen LogP contribution in [0.3, 0.4) is 0 Å². The zero-order valence-corrected chi connectivity index (χ0v) is 29.8. The summed E-state index contributed by atoms with van der Waals surface area (Å²) in [7, 11) is 2.29. The maximum atomic E-state index is 14.0. The number of alkyl halides is 6. The first kappa shape index (κ1) is 40.3. The van der Waals surface area contributed by atoms with E-state index in [1.807, 2.05) is 24.3 Å². The minimum Gasteiger partial charge on any atom is -0.346 e. The third kappa shape index (κ3) is 8.42. The summed E-state index contributed by atoms with van der Waals surface area (Å²) < 4.78 is 81.0. The number of rotatable bonds is 8. The molecule has 3 amide bonds. The zero-order valence-electron chi connectivity index (χ0n) is 27.5. The summed E-state index contributed by atoms with van der Waals surface area (Å²) in [6.07, 6.45) is -8.54. The topological polar surface area (TPSA) is 73.0 Å². The van der Waals surface area contributed by atoms with Gasteiger partial charge in [-0.05, 0) is 72.4 Å². The van der Waals surface area contributed by atoms with Crippen molar-refractivity contribution in [1.29, 1.82) is 0 Å². The molecule has 1 saturated heterocycles. The van der Waals surface area contributed by atoms with Crippen molar-refractivity contribution in [1.82, 2.24) is 20.0 Å². The summed E-state index contributed by atoms with van der Waals surface area (Å²) in [5.74, 6) is -3.03. The van der Waals surface area contributed by atoms with E-state index in [1.165, 1.54) is 25.2 Å². The molecule has 1 N–H and O–H groups in total. The second-order valence-electron chi connectivity index (χ2n) is 12.8. The van der Waals surface area contributed by atoms with Crippen LogP contribution < -0.4 is 5.32 Å². The standard InChI is InChI=1S/C35H34Cl2F6N4O3.ClH/c1-45(31(50)35(41,42)43)21-33(25-11-12-27(36)28(37)20-25,46(2)30(49)22-7-9-24(10-8-22)34(38,39)40)15-18-47-16-13-32(14-17-47)26-6-4-3-5-23(26)19-29(48)44-32;/h3-12,20H,13-19,21H2,1-2H3,(H,44,48);1H/t33-;/m1./s1. The molecule has 7 nitrogen and oxygen atoms in total. The number of likely N-dealkylation sites (tertiary alicyclic amines) is 1. The number of carbonyl (C=O) groups excluding carboxylic acids is 3. The van der Waals surface area contributed by atoms with Crippen LogP contribution in [0.1, 0.15) is 51.9 Å². The number of hydrogen-bond donors (Lipinski definition) is 1. The van der Waals surface area contributed by atoms with Gasteiger partial charge in [-0.15, -0.1) is 12.4 Å². The van der Waals surface area contributed by atoms with Crippen molar-refractivity contribution in [3.8, 4) is 0 Å². The zero-order chi connectivity index (χ0) is 36.6. The quantitative estimate of drug-likeness (QED) is 0.241. The number of hydrogen-bond acceptors (Lipinski definition) is 4. The van der Waals surface area contributed by atoms with Crippen LogP contribution in [-0.4, -0.2) is 78.9 Å². The summed E-state index contributed by atoms with van der Waals surface area (Å²) in [6, 6.07) is 15.5. The van der Waals surface area contributed by atoms with E-state index < -0.39 is 47.4 Å². The van der Waals surface area contributed by atoms with Crippen molar-refractivity contribution < 1.29 is 40.7 Å². The monoisotopic (exact) mass is 778 g/mol. The molecule has 3 aromatic carbocycles. The lowest BCUT2D eigenvalue weighted by Crippen LogP contribution is -2.58. The van der Waals surface area contributed by atoms with Gasteiger partial charge in [-0.1, -0.05) is 53.5 Å².